The lowest BCUT2D eigenvalue weighted by Gasteiger charge is -2.19. The van der Waals surface area contributed by atoms with Crippen LogP contribution in [0.15, 0.2) is 0 Å². The molecule has 1 amide bonds. The van der Waals surface area contributed by atoms with E-state index in [1.165, 1.54) is 0 Å². The molecule has 0 aromatic rings. The molecule has 0 atom stereocenters. The van der Waals surface area contributed by atoms with Crippen LogP contribution in [-0.2, 0) is 9.53 Å². The normalized spacial score (nSPS) is 11.5. The van der Waals surface area contributed by atoms with Crippen molar-refractivity contribution in [3.05, 3.63) is 0 Å². The quantitative estimate of drug-likeness (QED) is 0.606. The summed E-state index contributed by atoms with van der Waals surface area (Å²) in [4.78, 5) is 10.8. The molecule has 0 aliphatic rings. The molecule has 2 N–H and O–H groups in total. The summed E-state index contributed by atoms with van der Waals surface area (Å²) in [5.41, 5.74) is 4.78. The molecule has 0 heterocycles. The van der Waals surface area contributed by atoms with Crippen LogP contribution in [0.1, 0.15) is 26.7 Å². The molecular formula is C8H17NO2. The molecule has 0 aromatic carbocycles. The molecule has 66 valence electrons. The topological polar surface area (TPSA) is 52.3 Å². The van der Waals surface area contributed by atoms with Crippen molar-refractivity contribution in [2.24, 2.45) is 11.1 Å². The Hall–Kier alpha value is -0.570. The number of carbonyl (C=O) groups excluding carboxylic acids is 1. The summed E-state index contributed by atoms with van der Waals surface area (Å²) in [5, 5.41) is 0. The summed E-state index contributed by atoms with van der Waals surface area (Å²) in [6.07, 6.45) is 1.67. The molecule has 0 bridgehead atoms. The van der Waals surface area contributed by atoms with E-state index >= 15 is 0 Å². The van der Waals surface area contributed by atoms with Crippen LogP contribution in [0.4, 0.5) is 0 Å². The number of methoxy groups -OCH3 is 1. The zero-order valence-corrected chi connectivity index (χ0v) is 7.52. The third kappa shape index (κ3) is 3.98. The fourth-order valence-electron chi connectivity index (χ4n) is 0.782. The maximum Gasteiger partial charge on any atom is 0.223 e. The molecule has 0 rings (SSSR count). The van der Waals surface area contributed by atoms with E-state index < -0.39 is 5.41 Å². The van der Waals surface area contributed by atoms with Crippen LogP contribution in [0, 0.1) is 5.41 Å². The second-order valence-corrected chi connectivity index (χ2v) is 3.34. The number of nitrogens with two attached hydrogens (primary N) is 1. The monoisotopic (exact) mass is 159 g/mol. The van der Waals surface area contributed by atoms with Crippen LogP contribution in [0.2, 0.25) is 0 Å². The zero-order valence-electron chi connectivity index (χ0n) is 7.52. The number of primary amides is 1. The molecule has 0 aliphatic carbocycles. The van der Waals surface area contributed by atoms with Gasteiger partial charge in [-0.15, -0.1) is 0 Å². The van der Waals surface area contributed by atoms with E-state index in [0.29, 0.717) is 6.61 Å². The van der Waals surface area contributed by atoms with Gasteiger partial charge in [-0.2, -0.15) is 0 Å². The minimum absolute atomic E-state index is 0.242. The van der Waals surface area contributed by atoms with Crippen LogP contribution in [0.3, 0.4) is 0 Å². The Kier molecular flexibility index (Phi) is 4.11. The lowest BCUT2D eigenvalue weighted by Crippen LogP contribution is -2.31. The second kappa shape index (κ2) is 4.34. The van der Waals surface area contributed by atoms with Crippen LogP contribution in [-0.4, -0.2) is 19.6 Å². The van der Waals surface area contributed by atoms with E-state index in [1.54, 1.807) is 7.11 Å². The number of hydrogen-bond acceptors (Lipinski definition) is 2. The molecule has 0 radical (unpaired) electrons. The summed E-state index contributed by atoms with van der Waals surface area (Å²) in [5.74, 6) is -0.242. The minimum Gasteiger partial charge on any atom is -0.385 e. The van der Waals surface area contributed by atoms with Gasteiger partial charge in [0.1, 0.15) is 0 Å². The Balaban J connectivity index is 3.64. The van der Waals surface area contributed by atoms with Crippen LogP contribution >= 0.6 is 0 Å². The van der Waals surface area contributed by atoms with E-state index in [2.05, 4.69) is 0 Å². The zero-order chi connectivity index (χ0) is 8.91. The molecule has 0 fully saturated rings. The molecule has 0 aliphatic heterocycles. The molecule has 0 saturated carbocycles. The highest BCUT2D eigenvalue weighted by Crippen LogP contribution is 2.20. The minimum atomic E-state index is -0.390. The van der Waals surface area contributed by atoms with Crippen molar-refractivity contribution in [3.8, 4) is 0 Å². The SMILES string of the molecule is COCCCC(C)(C)C(N)=O. The highest BCUT2D eigenvalue weighted by molar-refractivity contribution is 5.79. The van der Waals surface area contributed by atoms with Gasteiger partial charge in [0.15, 0.2) is 0 Å². The fourth-order valence-corrected chi connectivity index (χ4v) is 0.782. The molecule has 3 nitrogen and oxygen atoms in total. The van der Waals surface area contributed by atoms with Crippen LogP contribution in [0.5, 0.6) is 0 Å². The largest absolute Gasteiger partial charge is 0.385 e. The van der Waals surface area contributed by atoms with Crippen molar-refractivity contribution in [1.29, 1.82) is 0 Å². The summed E-state index contributed by atoms with van der Waals surface area (Å²) < 4.78 is 4.86. The van der Waals surface area contributed by atoms with E-state index in [1.807, 2.05) is 13.8 Å². The molecule has 0 aromatic heterocycles. The fraction of sp³-hybridized carbons (Fsp3) is 0.875. The lowest BCUT2D eigenvalue weighted by molar-refractivity contribution is -0.126. The molecule has 3 heteroatoms. The van der Waals surface area contributed by atoms with Gasteiger partial charge in [-0.25, -0.2) is 0 Å². The average molecular weight is 159 g/mol. The van der Waals surface area contributed by atoms with Gasteiger partial charge in [-0.05, 0) is 12.8 Å². The Morgan fingerprint density at radius 1 is 1.55 bits per heavy atom. The van der Waals surface area contributed by atoms with E-state index in [4.69, 9.17) is 10.5 Å². The highest BCUT2D eigenvalue weighted by Gasteiger charge is 2.23. The van der Waals surface area contributed by atoms with E-state index in [-0.39, 0.29) is 5.91 Å². The summed E-state index contributed by atoms with van der Waals surface area (Å²) in [6, 6.07) is 0. The molecule has 0 saturated heterocycles. The van der Waals surface area contributed by atoms with Gasteiger partial charge in [0.25, 0.3) is 0 Å². The van der Waals surface area contributed by atoms with Crippen molar-refractivity contribution in [2.75, 3.05) is 13.7 Å². The Bertz CT molecular complexity index is 132. The average Bonchev–Trinajstić information content (AvgIpc) is 1.88. The lowest BCUT2D eigenvalue weighted by atomic mass is 9.87. The van der Waals surface area contributed by atoms with Gasteiger partial charge in [0.2, 0.25) is 5.91 Å². The third-order valence-electron chi connectivity index (χ3n) is 1.82. The predicted octanol–water partition coefficient (Wildman–Crippen LogP) is 0.924. The number of rotatable bonds is 5. The van der Waals surface area contributed by atoms with Crippen molar-refractivity contribution in [2.45, 2.75) is 26.7 Å². The van der Waals surface area contributed by atoms with Crippen molar-refractivity contribution in [1.82, 2.24) is 0 Å². The van der Waals surface area contributed by atoms with Crippen molar-refractivity contribution >= 4 is 5.91 Å². The van der Waals surface area contributed by atoms with Gasteiger partial charge in [0.05, 0.1) is 0 Å². The van der Waals surface area contributed by atoms with Gasteiger partial charge < -0.3 is 10.5 Å². The Morgan fingerprint density at radius 3 is 2.45 bits per heavy atom. The maximum absolute atomic E-state index is 10.8. The Morgan fingerprint density at radius 2 is 2.09 bits per heavy atom. The van der Waals surface area contributed by atoms with E-state index in [9.17, 15) is 4.79 Å². The third-order valence-corrected chi connectivity index (χ3v) is 1.82. The summed E-state index contributed by atoms with van der Waals surface area (Å²) in [7, 11) is 1.65. The standard InChI is InChI=1S/C8H17NO2/c1-8(2,7(9)10)5-4-6-11-3/h4-6H2,1-3H3,(H2,9,10). The van der Waals surface area contributed by atoms with Gasteiger partial charge >= 0.3 is 0 Å². The molecule has 0 spiro atoms. The summed E-state index contributed by atoms with van der Waals surface area (Å²) in [6.45, 7) is 4.40. The number of carbonyl (C=O) groups is 1. The Labute approximate surface area is 67.9 Å². The van der Waals surface area contributed by atoms with Gasteiger partial charge in [0, 0.05) is 19.1 Å². The highest BCUT2D eigenvalue weighted by atomic mass is 16.5. The number of hydrogen-bond donors (Lipinski definition) is 1. The second-order valence-electron chi connectivity index (χ2n) is 3.34. The number of amides is 1. The predicted molar refractivity (Wildman–Crippen MR) is 44.1 cm³/mol. The number of ether oxygens (including phenoxy) is 1. The molecular weight excluding hydrogens is 142 g/mol. The first-order chi connectivity index (χ1) is 5.00. The van der Waals surface area contributed by atoms with Crippen LogP contribution < -0.4 is 5.73 Å². The van der Waals surface area contributed by atoms with Gasteiger partial charge in [-0.3, -0.25) is 4.79 Å². The van der Waals surface area contributed by atoms with Gasteiger partial charge in [-0.1, -0.05) is 13.8 Å². The van der Waals surface area contributed by atoms with Crippen molar-refractivity contribution in [3.63, 3.8) is 0 Å². The smallest absolute Gasteiger partial charge is 0.223 e. The first-order valence-corrected chi connectivity index (χ1v) is 3.79. The first kappa shape index (κ1) is 10.4. The van der Waals surface area contributed by atoms with Crippen LogP contribution in [0.25, 0.3) is 0 Å². The van der Waals surface area contributed by atoms with E-state index in [0.717, 1.165) is 12.8 Å². The first-order valence-electron chi connectivity index (χ1n) is 3.79. The molecule has 11 heavy (non-hydrogen) atoms. The molecule has 0 unspecified atom stereocenters. The maximum atomic E-state index is 10.8. The van der Waals surface area contributed by atoms with Crippen molar-refractivity contribution < 1.29 is 9.53 Å². The summed E-state index contributed by atoms with van der Waals surface area (Å²) >= 11 is 0.